The van der Waals surface area contributed by atoms with Gasteiger partial charge in [0, 0.05) is 12.1 Å². The van der Waals surface area contributed by atoms with Crippen molar-refractivity contribution in [1.29, 1.82) is 5.26 Å². The SMILES string of the molecule is C/C(=C(\C#N)CN)C(C)(C)C. The zero-order chi connectivity index (χ0) is 9.07. The molecule has 0 saturated heterocycles. The largest absolute Gasteiger partial charge is 0.326 e. The topological polar surface area (TPSA) is 49.8 Å². The Labute approximate surface area is 68.7 Å². The first kappa shape index (κ1) is 10.2. The molecule has 0 bridgehead atoms. The van der Waals surface area contributed by atoms with Crippen LogP contribution in [0, 0.1) is 16.7 Å². The van der Waals surface area contributed by atoms with Gasteiger partial charge in [0.05, 0.1) is 6.07 Å². The van der Waals surface area contributed by atoms with Crippen LogP contribution in [-0.2, 0) is 0 Å². The minimum atomic E-state index is 0.0600. The molecule has 0 spiro atoms. The first-order valence-corrected chi connectivity index (χ1v) is 3.74. The van der Waals surface area contributed by atoms with E-state index >= 15 is 0 Å². The molecule has 0 fully saturated rings. The second-order valence-electron chi connectivity index (χ2n) is 3.67. The molecule has 0 aromatic carbocycles. The molecule has 0 aromatic heterocycles. The van der Waals surface area contributed by atoms with Gasteiger partial charge in [0.1, 0.15) is 0 Å². The number of hydrogen-bond acceptors (Lipinski definition) is 2. The summed E-state index contributed by atoms with van der Waals surface area (Å²) in [7, 11) is 0. The van der Waals surface area contributed by atoms with E-state index in [9.17, 15) is 0 Å². The normalized spacial score (nSPS) is 13.8. The third-order valence-corrected chi connectivity index (χ3v) is 1.92. The van der Waals surface area contributed by atoms with Crippen molar-refractivity contribution in [2.24, 2.45) is 11.1 Å². The smallest absolute Gasteiger partial charge is 0.0960 e. The zero-order valence-corrected chi connectivity index (χ0v) is 7.73. The molecule has 11 heavy (non-hydrogen) atoms. The van der Waals surface area contributed by atoms with Crippen LogP contribution in [0.25, 0.3) is 0 Å². The summed E-state index contributed by atoms with van der Waals surface area (Å²) in [5.41, 5.74) is 7.25. The maximum absolute atomic E-state index is 8.67. The van der Waals surface area contributed by atoms with E-state index in [1.165, 1.54) is 0 Å². The summed E-state index contributed by atoms with van der Waals surface area (Å²) in [6.45, 7) is 8.55. The molecule has 0 radical (unpaired) electrons. The monoisotopic (exact) mass is 152 g/mol. The van der Waals surface area contributed by atoms with Crippen LogP contribution in [0.3, 0.4) is 0 Å². The van der Waals surface area contributed by atoms with Crippen LogP contribution in [0.15, 0.2) is 11.1 Å². The molecule has 2 N–H and O–H groups in total. The summed E-state index contributed by atoms with van der Waals surface area (Å²) >= 11 is 0. The van der Waals surface area contributed by atoms with Gasteiger partial charge < -0.3 is 5.73 Å². The molecule has 2 nitrogen and oxygen atoms in total. The van der Waals surface area contributed by atoms with Crippen LogP contribution in [0.1, 0.15) is 27.7 Å². The lowest BCUT2D eigenvalue weighted by atomic mass is 9.85. The maximum atomic E-state index is 8.67. The van der Waals surface area contributed by atoms with Crippen LogP contribution in [-0.4, -0.2) is 6.54 Å². The fraction of sp³-hybridized carbons (Fsp3) is 0.667. The van der Waals surface area contributed by atoms with E-state index in [4.69, 9.17) is 11.0 Å². The summed E-state index contributed by atoms with van der Waals surface area (Å²) in [5.74, 6) is 0. The van der Waals surface area contributed by atoms with Crippen LogP contribution in [0.4, 0.5) is 0 Å². The van der Waals surface area contributed by atoms with Crippen molar-refractivity contribution in [3.8, 4) is 6.07 Å². The molecule has 0 atom stereocenters. The van der Waals surface area contributed by atoms with Gasteiger partial charge in [0.2, 0.25) is 0 Å². The van der Waals surface area contributed by atoms with Gasteiger partial charge in [-0.3, -0.25) is 0 Å². The van der Waals surface area contributed by atoms with E-state index in [-0.39, 0.29) is 5.41 Å². The van der Waals surface area contributed by atoms with Crippen LogP contribution < -0.4 is 5.73 Å². The Hall–Kier alpha value is -0.810. The molecule has 0 saturated carbocycles. The standard InChI is InChI=1S/C9H16N2/c1-7(9(2,3)4)8(5-10)6-11/h5,10H2,1-4H3/b8-7+. The van der Waals surface area contributed by atoms with Gasteiger partial charge in [0.15, 0.2) is 0 Å². The van der Waals surface area contributed by atoms with E-state index in [2.05, 4.69) is 26.8 Å². The van der Waals surface area contributed by atoms with Crippen molar-refractivity contribution in [2.45, 2.75) is 27.7 Å². The minimum absolute atomic E-state index is 0.0600. The summed E-state index contributed by atoms with van der Waals surface area (Å²) in [5, 5.41) is 8.67. The summed E-state index contributed by atoms with van der Waals surface area (Å²) in [6.07, 6.45) is 0. The highest BCUT2D eigenvalue weighted by atomic mass is 14.5. The van der Waals surface area contributed by atoms with E-state index < -0.39 is 0 Å². The lowest BCUT2D eigenvalue weighted by Gasteiger charge is -2.20. The van der Waals surface area contributed by atoms with Crippen molar-refractivity contribution in [3.63, 3.8) is 0 Å². The van der Waals surface area contributed by atoms with Crippen LogP contribution in [0.5, 0.6) is 0 Å². The Kier molecular flexibility index (Phi) is 3.28. The highest BCUT2D eigenvalue weighted by molar-refractivity contribution is 5.30. The van der Waals surface area contributed by atoms with E-state index in [1.807, 2.05) is 6.92 Å². The first-order chi connectivity index (χ1) is 4.93. The third-order valence-electron chi connectivity index (χ3n) is 1.92. The van der Waals surface area contributed by atoms with E-state index in [1.54, 1.807) is 0 Å². The van der Waals surface area contributed by atoms with E-state index in [0.717, 1.165) is 5.57 Å². The molecule has 0 aromatic rings. The third kappa shape index (κ3) is 2.73. The number of rotatable bonds is 1. The van der Waals surface area contributed by atoms with Gasteiger partial charge in [-0.25, -0.2) is 0 Å². The molecular weight excluding hydrogens is 136 g/mol. The average Bonchev–Trinajstić information content (AvgIpc) is 1.88. The zero-order valence-electron chi connectivity index (χ0n) is 7.73. The molecule has 62 valence electrons. The molecule has 0 aliphatic rings. The van der Waals surface area contributed by atoms with Crippen LogP contribution in [0.2, 0.25) is 0 Å². The predicted octanol–water partition coefficient (Wildman–Crippen LogP) is 1.83. The van der Waals surface area contributed by atoms with E-state index in [0.29, 0.717) is 12.1 Å². The number of nitriles is 1. The van der Waals surface area contributed by atoms with Crippen molar-refractivity contribution in [2.75, 3.05) is 6.54 Å². The molecular formula is C9H16N2. The molecule has 0 heterocycles. The predicted molar refractivity (Wildman–Crippen MR) is 46.8 cm³/mol. The van der Waals surface area contributed by atoms with Gasteiger partial charge in [-0.1, -0.05) is 26.3 Å². The van der Waals surface area contributed by atoms with Gasteiger partial charge in [-0.2, -0.15) is 5.26 Å². The van der Waals surface area contributed by atoms with Gasteiger partial charge in [-0.05, 0) is 12.3 Å². The lowest BCUT2D eigenvalue weighted by molar-refractivity contribution is 0.499. The summed E-state index contributed by atoms with van der Waals surface area (Å²) < 4.78 is 0. The molecule has 0 unspecified atom stereocenters. The van der Waals surface area contributed by atoms with Gasteiger partial charge in [0.25, 0.3) is 0 Å². The van der Waals surface area contributed by atoms with Crippen molar-refractivity contribution >= 4 is 0 Å². The highest BCUT2D eigenvalue weighted by Crippen LogP contribution is 2.26. The Morgan fingerprint density at radius 1 is 1.45 bits per heavy atom. The van der Waals surface area contributed by atoms with Crippen molar-refractivity contribution in [3.05, 3.63) is 11.1 Å². The molecule has 0 rings (SSSR count). The second kappa shape index (κ2) is 3.54. The second-order valence-corrected chi connectivity index (χ2v) is 3.67. The summed E-state index contributed by atoms with van der Waals surface area (Å²) in [4.78, 5) is 0. The number of allylic oxidation sites excluding steroid dienone is 1. The number of hydrogen-bond donors (Lipinski definition) is 1. The molecule has 0 aliphatic heterocycles. The number of nitrogens with zero attached hydrogens (tertiary/aromatic N) is 1. The van der Waals surface area contributed by atoms with Crippen LogP contribution >= 0.6 is 0 Å². The Balaban J connectivity index is 4.81. The fourth-order valence-electron chi connectivity index (χ4n) is 0.735. The summed E-state index contributed by atoms with van der Waals surface area (Å²) in [6, 6.07) is 2.11. The quantitative estimate of drug-likeness (QED) is 0.583. The molecule has 0 amide bonds. The highest BCUT2D eigenvalue weighted by Gasteiger charge is 2.15. The lowest BCUT2D eigenvalue weighted by Crippen LogP contribution is -2.13. The maximum Gasteiger partial charge on any atom is 0.0960 e. The molecule has 0 aliphatic carbocycles. The first-order valence-electron chi connectivity index (χ1n) is 3.74. The Bertz CT molecular complexity index is 201. The Morgan fingerprint density at radius 3 is 2.00 bits per heavy atom. The van der Waals surface area contributed by atoms with Crippen molar-refractivity contribution < 1.29 is 0 Å². The van der Waals surface area contributed by atoms with Crippen molar-refractivity contribution in [1.82, 2.24) is 0 Å². The van der Waals surface area contributed by atoms with Gasteiger partial charge >= 0.3 is 0 Å². The fourth-order valence-corrected chi connectivity index (χ4v) is 0.735. The minimum Gasteiger partial charge on any atom is -0.326 e. The average molecular weight is 152 g/mol. The Morgan fingerprint density at radius 2 is 1.91 bits per heavy atom. The number of nitrogens with two attached hydrogens (primary N) is 1. The van der Waals surface area contributed by atoms with Gasteiger partial charge in [-0.15, -0.1) is 0 Å². The molecule has 2 heteroatoms.